The summed E-state index contributed by atoms with van der Waals surface area (Å²) in [4.78, 5) is 8.38. The number of benzene rings is 2. The minimum Gasteiger partial charge on any atom is -0.503 e. The van der Waals surface area contributed by atoms with Gasteiger partial charge in [-0.25, -0.2) is 9.97 Å². The number of aryl methyl sites for hydroxylation is 1. The molecule has 2 aromatic carbocycles. The zero-order valence-electron chi connectivity index (χ0n) is 14.1. The van der Waals surface area contributed by atoms with Crippen molar-refractivity contribution in [2.45, 2.75) is 26.7 Å². The highest BCUT2D eigenvalue weighted by Gasteiger charge is 2.12. The molecule has 0 fully saturated rings. The number of anilines is 2. The van der Waals surface area contributed by atoms with Gasteiger partial charge >= 0.3 is 0 Å². The maximum Gasteiger partial charge on any atom is 0.185 e. The number of aromatic hydroxyl groups is 1. The molecule has 2 N–H and O–H groups in total. The summed E-state index contributed by atoms with van der Waals surface area (Å²) < 4.78 is 0. The second-order valence-electron chi connectivity index (χ2n) is 6.19. The third-order valence-corrected chi connectivity index (χ3v) is 3.99. The Hall–Kier alpha value is -2.88. The number of nitrogens with zero attached hydrogens (tertiary/aromatic N) is 2. The highest BCUT2D eigenvalue weighted by Crippen LogP contribution is 2.33. The predicted octanol–water partition coefficient (Wildman–Crippen LogP) is 5.02. The van der Waals surface area contributed by atoms with E-state index in [2.05, 4.69) is 41.3 Å². The molecule has 0 aliphatic heterocycles. The molecule has 0 radical (unpaired) electrons. The molecule has 0 bridgehead atoms. The fourth-order valence-electron chi connectivity index (χ4n) is 2.48. The molecule has 1 heterocycles. The lowest BCUT2D eigenvalue weighted by molar-refractivity contribution is 0.475. The molecule has 122 valence electrons. The molecule has 3 aromatic rings. The van der Waals surface area contributed by atoms with Crippen LogP contribution in [0.15, 0.2) is 54.9 Å². The van der Waals surface area contributed by atoms with E-state index in [1.165, 1.54) is 11.9 Å². The van der Waals surface area contributed by atoms with E-state index >= 15 is 0 Å². The Labute approximate surface area is 142 Å². The SMILES string of the molecule is Cc1ccc(-c2ncnc(Nc3ccc(C(C)C)cc3)c2O)cc1. The van der Waals surface area contributed by atoms with Gasteiger partial charge < -0.3 is 10.4 Å². The van der Waals surface area contributed by atoms with Crippen molar-refractivity contribution in [3.05, 3.63) is 66.0 Å². The van der Waals surface area contributed by atoms with Crippen molar-refractivity contribution in [2.75, 3.05) is 5.32 Å². The molecule has 0 aliphatic rings. The first kappa shape index (κ1) is 16.0. The van der Waals surface area contributed by atoms with E-state index < -0.39 is 0 Å². The lowest BCUT2D eigenvalue weighted by atomic mass is 10.0. The second-order valence-corrected chi connectivity index (χ2v) is 6.19. The molecule has 0 saturated heterocycles. The van der Waals surface area contributed by atoms with Crippen LogP contribution in [-0.2, 0) is 0 Å². The van der Waals surface area contributed by atoms with Crippen molar-refractivity contribution in [3.8, 4) is 17.0 Å². The monoisotopic (exact) mass is 319 g/mol. The van der Waals surface area contributed by atoms with Crippen LogP contribution < -0.4 is 5.32 Å². The zero-order valence-corrected chi connectivity index (χ0v) is 14.1. The van der Waals surface area contributed by atoms with Crippen LogP contribution in [0, 0.1) is 6.92 Å². The minimum atomic E-state index is 0.0503. The number of aromatic nitrogens is 2. The molecule has 24 heavy (non-hydrogen) atoms. The molecular weight excluding hydrogens is 298 g/mol. The smallest absolute Gasteiger partial charge is 0.185 e. The van der Waals surface area contributed by atoms with Gasteiger partial charge in [-0.1, -0.05) is 55.8 Å². The maximum atomic E-state index is 10.5. The molecule has 0 aliphatic carbocycles. The summed E-state index contributed by atoms with van der Waals surface area (Å²) in [6.07, 6.45) is 1.46. The van der Waals surface area contributed by atoms with Crippen LogP contribution in [0.3, 0.4) is 0 Å². The highest BCUT2D eigenvalue weighted by molar-refractivity contribution is 5.74. The van der Waals surface area contributed by atoms with Gasteiger partial charge in [-0.05, 0) is 30.5 Å². The van der Waals surface area contributed by atoms with Gasteiger partial charge in [-0.15, -0.1) is 0 Å². The Balaban J connectivity index is 1.89. The normalized spacial score (nSPS) is 10.8. The highest BCUT2D eigenvalue weighted by atomic mass is 16.3. The third kappa shape index (κ3) is 3.38. The zero-order chi connectivity index (χ0) is 17.1. The lowest BCUT2D eigenvalue weighted by Gasteiger charge is -2.11. The molecule has 1 aromatic heterocycles. The van der Waals surface area contributed by atoms with Crippen LogP contribution in [0.5, 0.6) is 5.75 Å². The lowest BCUT2D eigenvalue weighted by Crippen LogP contribution is -1.97. The average molecular weight is 319 g/mol. The van der Waals surface area contributed by atoms with Crippen LogP contribution in [0.2, 0.25) is 0 Å². The molecular formula is C20H21N3O. The van der Waals surface area contributed by atoms with Gasteiger partial charge in [0.05, 0.1) is 0 Å². The molecule has 0 unspecified atom stereocenters. The quantitative estimate of drug-likeness (QED) is 0.708. The summed E-state index contributed by atoms with van der Waals surface area (Å²) in [6, 6.07) is 16.0. The average Bonchev–Trinajstić information content (AvgIpc) is 2.58. The van der Waals surface area contributed by atoms with Crippen molar-refractivity contribution in [1.29, 1.82) is 0 Å². The molecule has 4 nitrogen and oxygen atoms in total. The van der Waals surface area contributed by atoms with Crippen molar-refractivity contribution in [3.63, 3.8) is 0 Å². The summed E-state index contributed by atoms with van der Waals surface area (Å²) in [5.74, 6) is 0.937. The van der Waals surface area contributed by atoms with Gasteiger partial charge in [0.2, 0.25) is 0 Å². The minimum absolute atomic E-state index is 0.0503. The molecule has 4 heteroatoms. The van der Waals surface area contributed by atoms with Crippen molar-refractivity contribution in [1.82, 2.24) is 9.97 Å². The van der Waals surface area contributed by atoms with Gasteiger partial charge in [0.15, 0.2) is 11.6 Å². The van der Waals surface area contributed by atoms with Gasteiger partial charge in [-0.2, -0.15) is 0 Å². The number of hydrogen-bond donors (Lipinski definition) is 2. The first-order chi connectivity index (χ1) is 11.5. The van der Waals surface area contributed by atoms with E-state index in [0.717, 1.165) is 16.8 Å². The first-order valence-electron chi connectivity index (χ1n) is 8.02. The van der Waals surface area contributed by atoms with Crippen LogP contribution >= 0.6 is 0 Å². The fourth-order valence-corrected chi connectivity index (χ4v) is 2.48. The van der Waals surface area contributed by atoms with E-state index in [1.807, 2.05) is 43.3 Å². The van der Waals surface area contributed by atoms with Gasteiger partial charge in [-0.3, -0.25) is 0 Å². The van der Waals surface area contributed by atoms with Crippen LogP contribution in [0.4, 0.5) is 11.5 Å². The van der Waals surface area contributed by atoms with Crippen LogP contribution in [0.1, 0.15) is 30.9 Å². The molecule has 0 spiro atoms. The molecule has 3 rings (SSSR count). The van der Waals surface area contributed by atoms with E-state index in [4.69, 9.17) is 0 Å². The number of rotatable bonds is 4. The topological polar surface area (TPSA) is 58.0 Å². The summed E-state index contributed by atoms with van der Waals surface area (Å²) in [7, 11) is 0. The van der Waals surface area contributed by atoms with Gasteiger partial charge in [0, 0.05) is 11.3 Å². The van der Waals surface area contributed by atoms with E-state index in [1.54, 1.807) is 0 Å². The van der Waals surface area contributed by atoms with Crippen molar-refractivity contribution in [2.24, 2.45) is 0 Å². The number of hydrogen-bond acceptors (Lipinski definition) is 4. The third-order valence-electron chi connectivity index (χ3n) is 3.99. The largest absolute Gasteiger partial charge is 0.503 e. The van der Waals surface area contributed by atoms with E-state index in [-0.39, 0.29) is 5.75 Å². The van der Waals surface area contributed by atoms with Crippen LogP contribution in [-0.4, -0.2) is 15.1 Å². The summed E-state index contributed by atoms with van der Waals surface area (Å²) in [5, 5.41) is 13.7. The van der Waals surface area contributed by atoms with Crippen molar-refractivity contribution >= 4 is 11.5 Å². The van der Waals surface area contributed by atoms with Gasteiger partial charge in [0.25, 0.3) is 0 Å². The Morgan fingerprint density at radius 3 is 2.21 bits per heavy atom. The summed E-state index contributed by atoms with van der Waals surface area (Å²) in [6.45, 7) is 6.34. The second kappa shape index (κ2) is 6.71. The Morgan fingerprint density at radius 2 is 1.58 bits per heavy atom. The van der Waals surface area contributed by atoms with E-state index in [0.29, 0.717) is 17.4 Å². The Kier molecular flexibility index (Phi) is 4.47. The fraction of sp³-hybridized carbons (Fsp3) is 0.200. The Bertz CT molecular complexity index is 825. The summed E-state index contributed by atoms with van der Waals surface area (Å²) in [5.41, 5.74) is 4.69. The predicted molar refractivity (Wildman–Crippen MR) is 97.7 cm³/mol. The van der Waals surface area contributed by atoms with Crippen molar-refractivity contribution < 1.29 is 5.11 Å². The van der Waals surface area contributed by atoms with E-state index in [9.17, 15) is 5.11 Å². The Morgan fingerprint density at radius 1 is 0.917 bits per heavy atom. The first-order valence-corrected chi connectivity index (χ1v) is 8.02. The maximum absolute atomic E-state index is 10.5. The molecule has 0 amide bonds. The van der Waals surface area contributed by atoms with Gasteiger partial charge in [0.1, 0.15) is 12.0 Å². The van der Waals surface area contributed by atoms with Crippen LogP contribution in [0.25, 0.3) is 11.3 Å². The standard InChI is InChI=1S/C20H21N3O/c1-13(2)15-8-10-17(11-9-15)23-20-19(24)18(21-12-22-20)16-6-4-14(3)5-7-16/h4-13,24H,1-3H3,(H,21,22,23). The molecule has 0 atom stereocenters. The molecule has 0 saturated carbocycles. The number of nitrogens with one attached hydrogen (secondary N) is 1. The summed E-state index contributed by atoms with van der Waals surface area (Å²) >= 11 is 0.